The molecule has 0 atom stereocenters. The molecule has 1 heterocycles. The van der Waals surface area contributed by atoms with Gasteiger partial charge in [-0.3, -0.25) is 4.98 Å². The largest absolute Gasteiger partial charge is 0.465 e. The second kappa shape index (κ2) is 9.03. The van der Waals surface area contributed by atoms with Gasteiger partial charge >= 0.3 is 6.09 Å². The van der Waals surface area contributed by atoms with Gasteiger partial charge in [0.15, 0.2) is 6.61 Å². The molecule has 0 aliphatic rings. The van der Waals surface area contributed by atoms with Gasteiger partial charge in [0, 0.05) is 30.4 Å². The van der Waals surface area contributed by atoms with Crippen molar-refractivity contribution >= 4 is 23.9 Å². The molecule has 0 saturated heterocycles. The Hall–Kier alpha value is -2.60. The molecular formula is C18H20ClN3O3. The number of amides is 1. The fourth-order valence-corrected chi connectivity index (χ4v) is 2.36. The molecule has 0 saturated carbocycles. The Bertz CT molecular complexity index is 765. The highest BCUT2D eigenvalue weighted by atomic mass is 35.5. The second-order valence-corrected chi connectivity index (χ2v) is 6.01. The van der Waals surface area contributed by atoms with Crippen LogP contribution in [-0.4, -0.2) is 34.3 Å². The van der Waals surface area contributed by atoms with Gasteiger partial charge in [-0.1, -0.05) is 35.0 Å². The predicted octanol–water partition coefficient (Wildman–Crippen LogP) is 3.90. The van der Waals surface area contributed by atoms with E-state index in [2.05, 4.69) is 10.1 Å². The Morgan fingerprint density at radius 3 is 2.92 bits per heavy atom. The Labute approximate surface area is 151 Å². The highest BCUT2D eigenvalue weighted by Gasteiger charge is 2.09. The van der Waals surface area contributed by atoms with Crippen LogP contribution in [0.15, 0.2) is 41.6 Å². The molecule has 0 aliphatic heterocycles. The summed E-state index contributed by atoms with van der Waals surface area (Å²) < 4.78 is 0. The van der Waals surface area contributed by atoms with E-state index in [9.17, 15) is 4.79 Å². The lowest BCUT2D eigenvalue weighted by molar-refractivity contribution is 0.128. The van der Waals surface area contributed by atoms with Crippen molar-refractivity contribution in [1.82, 2.24) is 9.88 Å². The van der Waals surface area contributed by atoms with Gasteiger partial charge < -0.3 is 14.8 Å². The van der Waals surface area contributed by atoms with Crippen molar-refractivity contribution < 1.29 is 14.7 Å². The maximum Gasteiger partial charge on any atom is 0.407 e. The third kappa shape index (κ3) is 6.08. The quantitative estimate of drug-likeness (QED) is 0.599. The van der Waals surface area contributed by atoms with E-state index < -0.39 is 6.09 Å². The van der Waals surface area contributed by atoms with Gasteiger partial charge in [-0.05, 0) is 36.2 Å². The Balaban J connectivity index is 1.88. The topological polar surface area (TPSA) is 75.0 Å². The molecule has 1 aromatic carbocycles. The van der Waals surface area contributed by atoms with Crippen LogP contribution in [0.1, 0.15) is 22.5 Å². The van der Waals surface area contributed by atoms with Crippen molar-refractivity contribution in [2.24, 2.45) is 5.16 Å². The van der Waals surface area contributed by atoms with E-state index in [0.717, 1.165) is 22.5 Å². The van der Waals surface area contributed by atoms with E-state index in [0.29, 0.717) is 18.1 Å². The molecular weight excluding hydrogens is 342 g/mol. The maximum atomic E-state index is 10.9. The molecule has 7 heteroatoms. The SMILES string of the molecule is Cc1cccc(CON=CCc2ccc(Cl)c(CN(C)C(=O)O)c2)n1. The standard InChI is InChI=1S/C18H20ClN3O3/c1-13-4-3-5-16(21-13)12-25-20-9-8-14-6-7-17(19)15(10-14)11-22(2)18(23)24/h3-7,9-10H,8,11-12H2,1-2H3,(H,23,24). The number of nitrogens with zero attached hydrogens (tertiary/aromatic N) is 3. The minimum absolute atomic E-state index is 0.231. The van der Waals surface area contributed by atoms with E-state index in [1.165, 1.54) is 11.9 Å². The summed E-state index contributed by atoms with van der Waals surface area (Å²) in [5.41, 5.74) is 3.48. The first-order chi connectivity index (χ1) is 12.0. The molecule has 2 rings (SSSR count). The van der Waals surface area contributed by atoms with E-state index in [-0.39, 0.29) is 6.54 Å². The molecule has 1 N–H and O–H groups in total. The van der Waals surface area contributed by atoms with Crippen molar-refractivity contribution in [2.75, 3.05) is 7.05 Å². The molecule has 6 nitrogen and oxygen atoms in total. The number of benzene rings is 1. The number of hydrogen-bond acceptors (Lipinski definition) is 4. The van der Waals surface area contributed by atoms with Crippen LogP contribution in [0, 0.1) is 6.92 Å². The van der Waals surface area contributed by atoms with Crippen LogP contribution in [-0.2, 0) is 24.4 Å². The molecule has 1 aromatic heterocycles. The summed E-state index contributed by atoms with van der Waals surface area (Å²) in [5, 5.41) is 13.4. The second-order valence-electron chi connectivity index (χ2n) is 5.60. The number of rotatable bonds is 7. The van der Waals surface area contributed by atoms with Crippen molar-refractivity contribution in [3.8, 4) is 0 Å². The van der Waals surface area contributed by atoms with Gasteiger partial charge in [0.2, 0.25) is 0 Å². The lowest BCUT2D eigenvalue weighted by Crippen LogP contribution is -2.24. The molecule has 0 radical (unpaired) electrons. The van der Waals surface area contributed by atoms with Crippen LogP contribution in [0.2, 0.25) is 5.02 Å². The molecule has 25 heavy (non-hydrogen) atoms. The Morgan fingerprint density at radius 1 is 1.40 bits per heavy atom. The van der Waals surface area contributed by atoms with Crippen LogP contribution < -0.4 is 0 Å². The lowest BCUT2D eigenvalue weighted by atomic mass is 10.1. The highest BCUT2D eigenvalue weighted by molar-refractivity contribution is 6.31. The lowest BCUT2D eigenvalue weighted by Gasteiger charge is -2.14. The van der Waals surface area contributed by atoms with Crippen molar-refractivity contribution in [2.45, 2.75) is 26.5 Å². The number of aromatic nitrogens is 1. The molecule has 132 valence electrons. The van der Waals surface area contributed by atoms with Crippen molar-refractivity contribution in [3.05, 3.63) is 63.9 Å². The molecule has 0 aliphatic carbocycles. The Kier molecular flexibility index (Phi) is 6.77. The first-order valence-electron chi connectivity index (χ1n) is 7.73. The molecule has 2 aromatic rings. The zero-order valence-electron chi connectivity index (χ0n) is 14.1. The van der Waals surface area contributed by atoms with Crippen molar-refractivity contribution in [3.63, 3.8) is 0 Å². The van der Waals surface area contributed by atoms with Crippen molar-refractivity contribution in [1.29, 1.82) is 0 Å². The zero-order chi connectivity index (χ0) is 18.2. The molecule has 0 fully saturated rings. The van der Waals surface area contributed by atoms with E-state index in [1.807, 2.05) is 37.3 Å². The number of carboxylic acid groups (broad SMARTS) is 1. The minimum atomic E-state index is -0.999. The molecule has 0 bridgehead atoms. The third-order valence-corrected chi connectivity index (χ3v) is 3.85. The molecule has 0 spiro atoms. The summed E-state index contributed by atoms with van der Waals surface area (Å²) in [6.45, 7) is 2.47. The van der Waals surface area contributed by atoms with Crippen LogP contribution in [0.4, 0.5) is 4.79 Å². The summed E-state index contributed by atoms with van der Waals surface area (Å²) in [7, 11) is 1.50. The number of aryl methyl sites for hydroxylation is 1. The maximum absolute atomic E-state index is 10.9. The number of carbonyl (C=O) groups is 1. The first-order valence-corrected chi connectivity index (χ1v) is 8.11. The molecule has 0 unspecified atom stereocenters. The number of oxime groups is 1. The van der Waals surface area contributed by atoms with Gasteiger partial charge in [-0.2, -0.15) is 0 Å². The monoisotopic (exact) mass is 361 g/mol. The third-order valence-electron chi connectivity index (χ3n) is 3.48. The van der Waals surface area contributed by atoms with Gasteiger partial charge in [0.05, 0.1) is 12.2 Å². The van der Waals surface area contributed by atoms with E-state index in [1.54, 1.807) is 12.3 Å². The van der Waals surface area contributed by atoms with Crippen LogP contribution in [0.25, 0.3) is 0 Å². The summed E-state index contributed by atoms with van der Waals surface area (Å²) >= 11 is 6.12. The smallest absolute Gasteiger partial charge is 0.407 e. The number of hydrogen-bond donors (Lipinski definition) is 1. The summed E-state index contributed by atoms with van der Waals surface area (Å²) in [4.78, 5) is 21.7. The first kappa shape index (κ1) is 18.7. The fraction of sp³-hybridized carbons (Fsp3) is 0.278. The minimum Gasteiger partial charge on any atom is -0.465 e. The predicted molar refractivity (Wildman–Crippen MR) is 96.9 cm³/mol. The van der Waals surface area contributed by atoms with Gasteiger partial charge in [-0.15, -0.1) is 0 Å². The van der Waals surface area contributed by atoms with Crippen LogP contribution in [0.3, 0.4) is 0 Å². The average Bonchev–Trinajstić information content (AvgIpc) is 2.57. The van der Waals surface area contributed by atoms with Gasteiger partial charge in [-0.25, -0.2) is 4.79 Å². The molecule has 1 amide bonds. The zero-order valence-corrected chi connectivity index (χ0v) is 14.9. The highest BCUT2D eigenvalue weighted by Crippen LogP contribution is 2.19. The van der Waals surface area contributed by atoms with Crippen LogP contribution >= 0.6 is 11.6 Å². The normalized spacial score (nSPS) is 10.8. The Morgan fingerprint density at radius 2 is 2.20 bits per heavy atom. The fourth-order valence-electron chi connectivity index (χ4n) is 2.18. The van der Waals surface area contributed by atoms with Crippen LogP contribution in [0.5, 0.6) is 0 Å². The number of pyridine rings is 1. The average molecular weight is 362 g/mol. The summed E-state index contributed by atoms with van der Waals surface area (Å²) in [6, 6.07) is 11.2. The van der Waals surface area contributed by atoms with Gasteiger partial charge in [0.1, 0.15) is 0 Å². The summed E-state index contributed by atoms with van der Waals surface area (Å²) in [6.07, 6.45) is 1.22. The summed E-state index contributed by atoms with van der Waals surface area (Å²) in [5.74, 6) is 0. The van der Waals surface area contributed by atoms with E-state index >= 15 is 0 Å². The van der Waals surface area contributed by atoms with E-state index in [4.69, 9.17) is 21.5 Å². The van der Waals surface area contributed by atoms with Gasteiger partial charge in [0.25, 0.3) is 0 Å². The number of halogens is 1.